The van der Waals surface area contributed by atoms with Crippen molar-refractivity contribution in [2.75, 3.05) is 0 Å². The first-order valence-electron chi connectivity index (χ1n) is 7.28. The number of thiophene rings is 1. The normalized spacial score (nSPS) is 10.5. The van der Waals surface area contributed by atoms with Gasteiger partial charge in [0, 0.05) is 15.3 Å². The maximum atomic E-state index is 11.9. The molecule has 3 aromatic rings. The lowest BCUT2D eigenvalue weighted by Gasteiger charge is -2.05. The molecule has 4 nitrogen and oxygen atoms in total. The molecular formula is C17H17N3OS2. The summed E-state index contributed by atoms with van der Waals surface area (Å²) in [4.78, 5) is 18.7. The number of amides is 2. The fraction of sp³-hybridized carbons (Fsp3) is 0.176. The molecular weight excluding hydrogens is 326 g/mol. The van der Waals surface area contributed by atoms with Crippen molar-refractivity contribution in [3.05, 3.63) is 63.3 Å². The number of nitrogens with zero attached hydrogens (tertiary/aromatic N) is 1. The Labute approximate surface area is 143 Å². The zero-order valence-electron chi connectivity index (χ0n) is 12.7. The number of nitrogens with one attached hydrogen (secondary N) is 2. The second-order valence-electron chi connectivity index (χ2n) is 5.01. The lowest BCUT2D eigenvalue weighted by molar-refractivity contribution is 0.240. The third-order valence-corrected chi connectivity index (χ3v) is 5.41. The largest absolute Gasteiger partial charge is 0.333 e. The van der Waals surface area contributed by atoms with Crippen molar-refractivity contribution in [1.29, 1.82) is 0 Å². The molecule has 0 fully saturated rings. The Morgan fingerprint density at radius 1 is 1.09 bits per heavy atom. The summed E-state index contributed by atoms with van der Waals surface area (Å²) in [5.41, 5.74) is 2.07. The minimum Gasteiger partial charge on any atom is -0.333 e. The molecule has 6 heteroatoms. The molecule has 2 aromatic heterocycles. The second kappa shape index (κ2) is 7.39. The molecule has 3 rings (SSSR count). The van der Waals surface area contributed by atoms with Crippen molar-refractivity contribution < 1.29 is 4.79 Å². The zero-order valence-corrected chi connectivity index (χ0v) is 14.3. The highest BCUT2D eigenvalue weighted by Crippen LogP contribution is 2.27. The topological polar surface area (TPSA) is 54.0 Å². The molecule has 0 aliphatic heterocycles. The Morgan fingerprint density at radius 2 is 1.87 bits per heavy atom. The van der Waals surface area contributed by atoms with Crippen LogP contribution in [0.2, 0.25) is 0 Å². The number of hydrogen-bond donors (Lipinski definition) is 2. The monoisotopic (exact) mass is 343 g/mol. The summed E-state index contributed by atoms with van der Waals surface area (Å²) in [5, 5.41) is 8.74. The van der Waals surface area contributed by atoms with E-state index in [4.69, 9.17) is 0 Å². The number of thiazole rings is 1. The smallest absolute Gasteiger partial charge is 0.315 e. The second-order valence-corrected chi connectivity index (χ2v) is 7.13. The van der Waals surface area contributed by atoms with Gasteiger partial charge in [-0.1, -0.05) is 36.4 Å². The van der Waals surface area contributed by atoms with Gasteiger partial charge in [-0.25, -0.2) is 9.78 Å². The zero-order chi connectivity index (χ0) is 16.1. The molecule has 0 aliphatic rings. The number of aryl methyl sites for hydroxylation is 1. The van der Waals surface area contributed by atoms with Crippen LogP contribution in [0, 0.1) is 6.92 Å². The first kappa shape index (κ1) is 15.7. The van der Waals surface area contributed by atoms with E-state index in [2.05, 4.69) is 15.6 Å². The van der Waals surface area contributed by atoms with Gasteiger partial charge >= 0.3 is 6.03 Å². The maximum Gasteiger partial charge on any atom is 0.315 e. The lowest BCUT2D eigenvalue weighted by Crippen LogP contribution is -2.34. The van der Waals surface area contributed by atoms with Crippen LogP contribution in [0.1, 0.15) is 15.4 Å². The maximum absolute atomic E-state index is 11.9. The molecule has 0 radical (unpaired) electrons. The molecule has 0 saturated carbocycles. The molecule has 0 aliphatic carbocycles. The quantitative estimate of drug-likeness (QED) is 0.730. The Bertz CT molecular complexity index is 767. The minimum absolute atomic E-state index is 0.160. The van der Waals surface area contributed by atoms with E-state index in [0.29, 0.717) is 13.1 Å². The Kier molecular flexibility index (Phi) is 5.05. The third-order valence-electron chi connectivity index (χ3n) is 3.33. The van der Waals surface area contributed by atoms with E-state index >= 15 is 0 Å². The Morgan fingerprint density at radius 3 is 2.61 bits per heavy atom. The molecule has 1 aromatic carbocycles. The average molecular weight is 343 g/mol. The van der Waals surface area contributed by atoms with Gasteiger partial charge in [0.2, 0.25) is 0 Å². The van der Waals surface area contributed by atoms with Gasteiger partial charge < -0.3 is 10.6 Å². The molecule has 23 heavy (non-hydrogen) atoms. The summed E-state index contributed by atoms with van der Waals surface area (Å²) in [6.07, 6.45) is 0. The lowest BCUT2D eigenvalue weighted by atomic mass is 10.2. The molecule has 0 spiro atoms. The molecule has 2 heterocycles. The highest BCUT2D eigenvalue weighted by atomic mass is 32.1. The highest BCUT2D eigenvalue weighted by Gasteiger charge is 2.10. The van der Waals surface area contributed by atoms with Crippen LogP contribution >= 0.6 is 22.7 Å². The summed E-state index contributed by atoms with van der Waals surface area (Å²) in [5.74, 6) is 0. The van der Waals surface area contributed by atoms with E-state index in [9.17, 15) is 4.79 Å². The van der Waals surface area contributed by atoms with E-state index in [0.717, 1.165) is 26.0 Å². The van der Waals surface area contributed by atoms with E-state index < -0.39 is 0 Å². The number of rotatable bonds is 5. The van der Waals surface area contributed by atoms with Crippen LogP contribution in [0.5, 0.6) is 0 Å². The number of hydrogen-bond acceptors (Lipinski definition) is 4. The Balaban J connectivity index is 1.56. The van der Waals surface area contributed by atoms with E-state index in [1.54, 1.807) is 22.7 Å². The number of aromatic nitrogens is 1. The van der Waals surface area contributed by atoms with Gasteiger partial charge in [-0.2, -0.15) is 0 Å². The molecule has 0 unspecified atom stereocenters. The predicted octanol–water partition coefficient (Wildman–Crippen LogP) is 4.18. The average Bonchev–Trinajstić information content (AvgIpc) is 3.21. The molecule has 0 saturated heterocycles. The van der Waals surface area contributed by atoms with Crippen LogP contribution in [0.25, 0.3) is 10.6 Å². The third kappa shape index (κ3) is 4.18. The summed E-state index contributed by atoms with van der Waals surface area (Å²) in [7, 11) is 0. The fourth-order valence-corrected chi connectivity index (χ4v) is 3.75. The number of urea groups is 1. The Hall–Kier alpha value is -2.18. The van der Waals surface area contributed by atoms with Crippen molar-refractivity contribution in [1.82, 2.24) is 15.6 Å². The first-order chi connectivity index (χ1) is 11.2. The van der Waals surface area contributed by atoms with Gasteiger partial charge in [-0.05, 0) is 18.4 Å². The minimum atomic E-state index is -0.160. The van der Waals surface area contributed by atoms with E-state index in [1.165, 1.54) is 0 Å². The molecule has 118 valence electrons. The van der Waals surface area contributed by atoms with Crippen molar-refractivity contribution in [2.45, 2.75) is 20.0 Å². The predicted molar refractivity (Wildman–Crippen MR) is 95.7 cm³/mol. The molecule has 2 amide bonds. The van der Waals surface area contributed by atoms with Crippen molar-refractivity contribution in [3.8, 4) is 10.6 Å². The van der Waals surface area contributed by atoms with Gasteiger partial charge in [0.05, 0.1) is 18.8 Å². The summed E-state index contributed by atoms with van der Waals surface area (Å²) in [6.45, 7) is 3.02. The van der Waals surface area contributed by atoms with Gasteiger partial charge in [0.15, 0.2) is 0 Å². The fourth-order valence-electron chi connectivity index (χ4n) is 2.10. The summed E-state index contributed by atoms with van der Waals surface area (Å²) in [6, 6.07) is 13.9. The molecule has 0 bridgehead atoms. The number of carbonyl (C=O) groups is 1. The number of carbonyl (C=O) groups excluding carboxylic acids is 1. The highest BCUT2D eigenvalue weighted by molar-refractivity contribution is 7.15. The standard InChI is InChI=1S/C17H17N3OS2/c1-12-15(23-16(20-12)13-6-3-2-4-7-13)11-19-17(21)18-10-14-8-5-9-22-14/h2-9H,10-11H2,1H3,(H2,18,19,21). The summed E-state index contributed by atoms with van der Waals surface area (Å²) < 4.78 is 0. The van der Waals surface area contributed by atoms with Crippen LogP contribution < -0.4 is 10.6 Å². The van der Waals surface area contributed by atoms with Crippen molar-refractivity contribution in [3.63, 3.8) is 0 Å². The van der Waals surface area contributed by atoms with E-state index in [-0.39, 0.29) is 6.03 Å². The SMILES string of the molecule is Cc1nc(-c2ccccc2)sc1CNC(=O)NCc1cccs1. The summed E-state index contributed by atoms with van der Waals surface area (Å²) >= 11 is 3.25. The van der Waals surface area contributed by atoms with Gasteiger partial charge in [0.1, 0.15) is 5.01 Å². The van der Waals surface area contributed by atoms with Crippen molar-refractivity contribution >= 4 is 28.7 Å². The van der Waals surface area contributed by atoms with Crippen LogP contribution in [0.3, 0.4) is 0 Å². The van der Waals surface area contributed by atoms with Gasteiger partial charge in [-0.15, -0.1) is 22.7 Å². The van der Waals surface area contributed by atoms with Crippen molar-refractivity contribution in [2.24, 2.45) is 0 Å². The van der Waals surface area contributed by atoms with E-state index in [1.807, 2.05) is 54.8 Å². The van der Waals surface area contributed by atoms with Crippen LogP contribution in [0.4, 0.5) is 4.79 Å². The molecule has 0 atom stereocenters. The molecule has 2 N–H and O–H groups in total. The first-order valence-corrected chi connectivity index (χ1v) is 8.98. The number of benzene rings is 1. The van der Waals surface area contributed by atoms with Crippen LogP contribution in [-0.2, 0) is 13.1 Å². The van der Waals surface area contributed by atoms with Crippen LogP contribution in [0.15, 0.2) is 47.8 Å². The van der Waals surface area contributed by atoms with Gasteiger partial charge in [-0.3, -0.25) is 0 Å². The van der Waals surface area contributed by atoms with Gasteiger partial charge in [0.25, 0.3) is 0 Å². The van der Waals surface area contributed by atoms with Crippen LogP contribution in [-0.4, -0.2) is 11.0 Å².